The molecule has 0 fully saturated rings. The molecule has 0 spiro atoms. The van der Waals surface area contributed by atoms with Crippen LogP contribution in [0.3, 0.4) is 0 Å². The van der Waals surface area contributed by atoms with Crippen molar-refractivity contribution in [1.82, 2.24) is 0 Å². The molecule has 0 aliphatic heterocycles. The molecule has 0 amide bonds. The first-order chi connectivity index (χ1) is 12.0. The highest BCUT2D eigenvalue weighted by Crippen LogP contribution is 2.11. The minimum absolute atomic E-state index is 0.0800. The van der Waals surface area contributed by atoms with E-state index in [0.717, 1.165) is 0 Å². The van der Waals surface area contributed by atoms with Gasteiger partial charge in [-0.15, -0.1) is 0 Å². The Morgan fingerprint density at radius 2 is 0.500 bits per heavy atom. The van der Waals surface area contributed by atoms with Crippen molar-refractivity contribution in [3.05, 3.63) is 0 Å². The lowest BCUT2D eigenvalue weighted by atomic mass is 10.3. The summed E-state index contributed by atoms with van der Waals surface area (Å²) in [7, 11) is 7.31. The smallest absolute Gasteiger partial charge is 0.182 e. The summed E-state index contributed by atoms with van der Waals surface area (Å²) in [5, 5.41) is 57.3. The Kier molecular flexibility index (Phi) is 10.6. The van der Waals surface area contributed by atoms with Crippen molar-refractivity contribution < 1.29 is 48.6 Å². The van der Waals surface area contributed by atoms with Crippen LogP contribution in [0.25, 0.3) is 0 Å². The second-order valence-electron chi connectivity index (χ2n) is 8.67. The number of aliphatic hydroxyl groups excluding tert-OH is 6. The van der Waals surface area contributed by atoms with Crippen molar-refractivity contribution >= 4 is 0 Å². The molecule has 0 saturated carbocycles. The zero-order valence-corrected chi connectivity index (χ0v) is 17.0. The van der Waals surface area contributed by atoms with Crippen LogP contribution in [0.4, 0.5) is 0 Å². The van der Waals surface area contributed by atoms with Crippen molar-refractivity contribution in [3.63, 3.8) is 0 Å². The largest absolute Gasteiger partial charge is 0.347 e. The molecule has 0 aromatic carbocycles. The first-order valence-electron chi connectivity index (χ1n) is 8.98. The third-order valence-electron chi connectivity index (χ3n) is 5.59. The molecular formula is C16H42N4O6+4. The average Bonchev–Trinajstić information content (AvgIpc) is 2.68. The van der Waals surface area contributed by atoms with Crippen LogP contribution in [-0.4, -0.2) is 156 Å². The molecule has 0 aromatic heterocycles. The first-order valence-corrected chi connectivity index (χ1v) is 8.98. The Morgan fingerprint density at radius 1 is 0.346 bits per heavy atom. The summed E-state index contributed by atoms with van der Waals surface area (Å²) < 4.78 is 0.882. The fourth-order valence-corrected chi connectivity index (χ4v) is 2.33. The molecule has 0 aromatic rings. The van der Waals surface area contributed by atoms with Crippen molar-refractivity contribution in [2.45, 2.75) is 0 Å². The van der Waals surface area contributed by atoms with Crippen LogP contribution >= 0.6 is 0 Å². The van der Waals surface area contributed by atoms with E-state index >= 15 is 0 Å². The molecule has 2 unspecified atom stereocenters. The number of likely N-dealkylation sites (N-methyl/N-ethyl adjacent to an activating group) is 4. The van der Waals surface area contributed by atoms with Crippen LogP contribution in [0.15, 0.2) is 0 Å². The summed E-state index contributed by atoms with van der Waals surface area (Å²) in [6.45, 7) is 2.51. The monoisotopic (exact) mass is 386 g/mol. The van der Waals surface area contributed by atoms with Crippen molar-refractivity contribution in [3.8, 4) is 0 Å². The molecule has 26 heavy (non-hydrogen) atoms. The molecule has 0 aliphatic rings. The second-order valence-corrected chi connectivity index (χ2v) is 8.67. The molecular weight excluding hydrogens is 344 g/mol. The predicted molar refractivity (Wildman–Crippen MR) is 96.5 cm³/mol. The Hall–Kier alpha value is -0.400. The highest BCUT2D eigenvalue weighted by atomic mass is 16.3. The van der Waals surface area contributed by atoms with E-state index < -0.39 is 0 Å². The van der Waals surface area contributed by atoms with Gasteiger partial charge < -0.3 is 30.6 Å². The normalized spacial score (nSPS) is 17.8. The molecule has 10 heteroatoms. The van der Waals surface area contributed by atoms with Crippen molar-refractivity contribution in [2.24, 2.45) is 0 Å². The number of nitrogens with zero attached hydrogens (tertiary/aromatic N) is 4. The van der Waals surface area contributed by atoms with Gasteiger partial charge in [-0.3, -0.25) is 17.9 Å². The van der Waals surface area contributed by atoms with Crippen LogP contribution in [-0.2, 0) is 0 Å². The zero-order valence-electron chi connectivity index (χ0n) is 17.0. The Labute approximate surface area is 157 Å². The van der Waals surface area contributed by atoms with Crippen LogP contribution in [0.5, 0.6) is 0 Å². The summed E-state index contributed by atoms with van der Waals surface area (Å²) in [4.78, 5) is 0. The van der Waals surface area contributed by atoms with Gasteiger partial charge in [0.2, 0.25) is 0 Å². The van der Waals surface area contributed by atoms with Gasteiger partial charge in [-0.25, -0.2) is 0 Å². The van der Waals surface area contributed by atoms with E-state index in [9.17, 15) is 30.6 Å². The molecule has 0 bridgehead atoms. The van der Waals surface area contributed by atoms with Crippen LogP contribution in [0.2, 0.25) is 0 Å². The van der Waals surface area contributed by atoms with E-state index in [-0.39, 0.29) is 49.4 Å². The molecule has 0 saturated heterocycles. The van der Waals surface area contributed by atoms with Gasteiger partial charge in [-0.1, -0.05) is 0 Å². The summed E-state index contributed by atoms with van der Waals surface area (Å²) in [5.41, 5.74) is 0. The predicted octanol–water partition coefficient (Wildman–Crippen LogP) is -3.53. The van der Waals surface area contributed by atoms with Crippen LogP contribution in [0, 0.1) is 0 Å². The molecule has 6 N–H and O–H groups in total. The van der Waals surface area contributed by atoms with Gasteiger partial charge in [-0.05, 0) is 0 Å². The van der Waals surface area contributed by atoms with Crippen molar-refractivity contribution in [2.75, 3.05) is 108 Å². The maximum Gasteiger partial charge on any atom is 0.182 e. The Morgan fingerprint density at radius 3 is 0.654 bits per heavy atom. The standard InChI is InChI=1S/C16H42N4O6/c1-17(11-21,7-9-19(3,13-23)14-24)5-6-18(2,12-22)8-10-20(4,15-25)16-26/h21-26H,5-16H2,1-4H3/q+4. The van der Waals surface area contributed by atoms with Crippen LogP contribution < -0.4 is 0 Å². The van der Waals surface area contributed by atoms with E-state index in [0.29, 0.717) is 48.2 Å². The van der Waals surface area contributed by atoms with Crippen molar-refractivity contribution in [1.29, 1.82) is 0 Å². The number of rotatable bonds is 15. The third-order valence-corrected chi connectivity index (χ3v) is 5.59. The maximum absolute atomic E-state index is 9.83. The van der Waals surface area contributed by atoms with Crippen LogP contribution in [0.1, 0.15) is 0 Å². The maximum atomic E-state index is 9.83. The minimum Gasteiger partial charge on any atom is -0.347 e. The van der Waals surface area contributed by atoms with Gasteiger partial charge in [0.15, 0.2) is 40.4 Å². The van der Waals surface area contributed by atoms with Gasteiger partial charge in [0, 0.05) is 0 Å². The average molecular weight is 387 g/mol. The van der Waals surface area contributed by atoms with Gasteiger partial charge in [0.05, 0.1) is 28.2 Å². The van der Waals surface area contributed by atoms with Gasteiger partial charge >= 0.3 is 0 Å². The van der Waals surface area contributed by atoms with E-state index in [2.05, 4.69) is 0 Å². The molecule has 158 valence electrons. The number of quaternary nitrogens is 4. The van der Waals surface area contributed by atoms with Gasteiger partial charge in [0.25, 0.3) is 0 Å². The first kappa shape index (κ1) is 25.6. The summed E-state index contributed by atoms with van der Waals surface area (Å²) >= 11 is 0. The second kappa shape index (κ2) is 10.8. The number of hydrogen-bond donors (Lipinski definition) is 6. The molecule has 10 nitrogen and oxygen atoms in total. The highest BCUT2D eigenvalue weighted by molar-refractivity contribution is 4.42. The molecule has 0 aliphatic carbocycles. The fraction of sp³-hybridized carbons (Fsp3) is 1.00. The van der Waals surface area contributed by atoms with E-state index in [1.54, 1.807) is 14.1 Å². The number of aliphatic hydroxyl groups is 6. The van der Waals surface area contributed by atoms with E-state index in [4.69, 9.17) is 0 Å². The topological polar surface area (TPSA) is 121 Å². The highest BCUT2D eigenvalue weighted by Gasteiger charge is 2.33. The lowest BCUT2D eigenvalue weighted by molar-refractivity contribution is -1.01. The quantitative estimate of drug-likeness (QED) is 0.128. The Bertz CT molecular complexity index is 359. The molecule has 0 radical (unpaired) electrons. The zero-order chi connectivity index (χ0) is 20.5. The lowest BCUT2D eigenvalue weighted by Crippen LogP contribution is -2.61. The lowest BCUT2D eigenvalue weighted by Gasteiger charge is -2.40. The third kappa shape index (κ3) is 8.09. The molecule has 2 atom stereocenters. The van der Waals surface area contributed by atoms with Gasteiger partial charge in [0.1, 0.15) is 39.3 Å². The minimum atomic E-state index is -0.175. The van der Waals surface area contributed by atoms with E-state index in [1.807, 2.05) is 14.1 Å². The SMILES string of the molecule is C[N+](CO)(CO)CC[N+](C)(CO)CC[N+](C)(CO)CC[N+](C)(CO)CO. The fourth-order valence-electron chi connectivity index (χ4n) is 2.33. The summed E-state index contributed by atoms with van der Waals surface area (Å²) in [5.74, 6) is 0. The Balaban J connectivity index is 4.83. The van der Waals surface area contributed by atoms with E-state index in [1.165, 1.54) is 0 Å². The molecule has 0 heterocycles. The summed E-state index contributed by atoms with van der Waals surface area (Å²) in [6.07, 6.45) is 0. The summed E-state index contributed by atoms with van der Waals surface area (Å²) in [6, 6.07) is 0. The number of hydrogen-bond acceptors (Lipinski definition) is 6. The molecule has 0 rings (SSSR count). The van der Waals surface area contributed by atoms with Gasteiger partial charge in [-0.2, -0.15) is 0 Å².